The third-order valence-corrected chi connectivity index (χ3v) is 3.41. The summed E-state index contributed by atoms with van der Waals surface area (Å²) >= 11 is 0. The molecular weight excluding hydrogens is 264 g/mol. The molecule has 0 saturated heterocycles. The quantitative estimate of drug-likeness (QED) is 0.936. The fraction of sp³-hybridized carbons (Fsp3) is 0.176. The second-order valence-corrected chi connectivity index (χ2v) is 5.07. The number of carbonyl (C=O) groups is 1. The van der Waals surface area contributed by atoms with Crippen molar-refractivity contribution in [3.8, 4) is 0 Å². The van der Waals surface area contributed by atoms with Gasteiger partial charge >= 0.3 is 0 Å². The highest BCUT2D eigenvalue weighted by Gasteiger charge is 2.27. The molecule has 0 radical (unpaired) electrons. The fourth-order valence-corrected chi connectivity index (χ4v) is 2.20. The number of amides is 1. The predicted molar refractivity (Wildman–Crippen MR) is 82.1 cm³/mol. The van der Waals surface area contributed by atoms with Crippen molar-refractivity contribution in [3.63, 3.8) is 0 Å². The van der Waals surface area contributed by atoms with Gasteiger partial charge in [-0.3, -0.25) is 4.79 Å². The Kier molecular flexibility index (Phi) is 3.69. The van der Waals surface area contributed by atoms with Crippen LogP contribution in [-0.4, -0.2) is 11.6 Å². The number of nitrogens with one attached hydrogen (secondary N) is 1. The van der Waals surface area contributed by atoms with E-state index in [2.05, 4.69) is 10.5 Å². The summed E-state index contributed by atoms with van der Waals surface area (Å²) in [5.74, 6) is -0.212. The van der Waals surface area contributed by atoms with Crippen LogP contribution in [0.25, 0.3) is 0 Å². The molecule has 21 heavy (non-hydrogen) atoms. The smallest absolute Gasteiger partial charge is 0.273 e. The van der Waals surface area contributed by atoms with E-state index in [1.807, 2.05) is 61.5 Å². The lowest BCUT2D eigenvalue weighted by Gasteiger charge is -2.08. The minimum absolute atomic E-state index is 0.179. The third-order valence-electron chi connectivity index (χ3n) is 3.41. The lowest BCUT2D eigenvalue weighted by atomic mass is 10.0. The van der Waals surface area contributed by atoms with Crippen LogP contribution in [0.15, 0.2) is 59.8 Å². The molecule has 1 amide bonds. The van der Waals surface area contributed by atoms with Crippen LogP contribution in [-0.2, 0) is 9.63 Å². The Labute approximate surface area is 123 Å². The molecule has 0 aliphatic carbocycles. The minimum Gasteiger partial charge on any atom is -0.387 e. The number of aryl methyl sites for hydroxylation is 1. The summed E-state index contributed by atoms with van der Waals surface area (Å²) in [5.41, 5.74) is 3.40. The second-order valence-electron chi connectivity index (χ2n) is 5.07. The first kappa shape index (κ1) is 13.4. The summed E-state index contributed by atoms with van der Waals surface area (Å²) < 4.78 is 0. The number of para-hydroxylation sites is 1. The van der Waals surface area contributed by atoms with Gasteiger partial charge < -0.3 is 10.2 Å². The summed E-state index contributed by atoms with van der Waals surface area (Å²) in [6.45, 7) is 2.04. The van der Waals surface area contributed by atoms with Gasteiger partial charge in [-0.25, -0.2) is 0 Å². The number of carbonyl (C=O) groups excluding carboxylic acids is 1. The second kappa shape index (κ2) is 5.79. The lowest BCUT2D eigenvalue weighted by Crippen LogP contribution is -2.21. The molecule has 2 aromatic rings. The van der Waals surface area contributed by atoms with Gasteiger partial charge in [-0.2, -0.15) is 0 Å². The highest BCUT2D eigenvalue weighted by Crippen LogP contribution is 2.27. The van der Waals surface area contributed by atoms with Gasteiger partial charge in [0.05, 0.1) is 0 Å². The largest absolute Gasteiger partial charge is 0.387 e. The Balaban J connectivity index is 1.63. The maximum atomic E-state index is 12.1. The standard InChI is InChI=1S/C17H16N2O2/c1-12-7-9-13(10-8-12)16-11-15(19-21-16)17(20)18-14-5-3-2-4-6-14/h2-10,16H,11H2,1H3,(H,18,20). The molecule has 4 heteroatoms. The monoisotopic (exact) mass is 280 g/mol. The van der Waals surface area contributed by atoms with Crippen LogP contribution < -0.4 is 5.32 Å². The van der Waals surface area contributed by atoms with Crippen molar-refractivity contribution in [1.29, 1.82) is 0 Å². The topological polar surface area (TPSA) is 50.7 Å². The summed E-state index contributed by atoms with van der Waals surface area (Å²) in [6.07, 6.45) is 0.309. The highest BCUT2D eigenvalue weighted by atomic mass is 16.6. The first-order valence-electron chi connectivity index (χ1n) is 6.88. The van der Waals surface area contributed by atoms with Crippen molar-refractivity contribution in [1.82, 2.24) is 0 Å². The molecule has 1 heterocycles. The molecule has 2 aromatic carbocycles. The molecule has 1 unspecified atom stereocenters. The summed E-state index contributed by atoms with van der Waals surface area (Å²) in [6, 6.07) is 17.4. The zero-order valence-electron chi connectivity index (χ0n) is 11.7. The molecule has 0 saturated carbocycles. The molecule has 0 fully saturated rings. The van der Waals surface area contributed by atoms with E-state index >= 15 is 0 Å². The Bertz CT molecular complexity index is 663. The van der Waals surface area contributed by atoms with Gasteiger partial charge in [-0.15, -0.1) is 0 Å². The van der Waals surface area contributed by atoms with Gasteiger partial charge in [0.25, 0.3) is 5.91 Å². The fourth-order valence-electron chi connectivity index (χ4n) is 2.20. The van der Waals surface area contributed by atoms with Gasteiger partial charge in [0.15, 0.2) is 6.10 Å². The van der Waals surface area contributed by atoms with E-state index in [-0.39, 0.29) is 12.0 Å². The molecule has 1 N–H and O–H groups in total. The summed E-state index contributed by atoms with van der Waals surface area (Å²) in [4.78, 5) is 17.5. The predicted octanol–water partition coefficient (Wildman–Crippen LogP) is 3.45. The van der Waals surface area contributed by atoms with Crippen molar-refractivity contribution >= 4 is 17.3 Å². The van der Waals surface area contributed by atoms with E-state index in [1.54, 1.807) is 0 Å². The van der Waals surface area contributed by atoms with Crippen molar-refractivity contribution in [3.05, 3.63) is 65.7 Å². The molecule has 0 spiro atoms. The SMILES string of the molecule is Cc1ccc(C2CC(C(=O)Nc3ccccc3)=NO2)cc1. The van der Waals surface area contributed by atoms with Crippen LogP contribution in [0.1, 0.15) is 23.7 Å². The van der Waals surface area contributed by atoms with Crippen LogP contribution in [0.2, 0.25) is 0 Å². The van der Waals surface area contributed by atoms with Crippen LogP contribution in [0.3, 0.4) is 0 Å². The number of nitrogens with zero attached hydrogens (tertiary/aromatic N) is 1. The average molecular weight is 280 g/mol. The number of oxime groups is 1. The molecule has 0 aromatic heterocycles. The van der Waals surface area contributed by atoms with E-state index in [4.69, 9.17) is 4.84 Å². The molecule has 1 aliphatic heterocycles. The van der Waals surface area contributed by atoms with Crippen LogP contribution >= 0.6 is 0 Å². The van der Waals surface area contributed by atoms with Crippen molar-refractivity contribution < 1.29 is 9.63 Å². The number of rotatable bonds is 3. The van der Waals surface area contributed by atoms with Crippen LogP contribution in [0, 0.1) is 6.92 Å². The first-order valence-corrected chi connectivity index (χ1v) is 6.88. The zero-order valence-corrected chi connectivity index (χ0v) is 11.7. The summed E-state index contributed by atoms with van der Waals surface area (Å²) in [5, 5.41) is 6.73. The molecule has 3 rings (SSSR count). The summed E-state index contributed by atoms with van der Waals surface area (Å²) in [7, 11) is 0. The van der Waals surface area contributed by atoms with Gasteiger partial charge in [-0.1, -0.05) is 53.2 Å². The number of benzene rings is 2. The molecule has 1 aliphatic rings. The number of hydrogen-bond donors (Lipinski definition) is 1. The maximum absolute atomic E-state index is 12.1. The molecule has 106 valence electrons. The van der Waals surface area contributed by atoms with Crippen LogP contribution in [0.5, 0.6) is 0 Å². The van der Waals surface area contributed by atoms with Crippen LogP contribution in [0.4, 0.5) is 5.69 Å². The Morgan fingerprint density at radius 2 is 1.86 bits per heavy atom. The molecule has 0 bridgehead atoms. The highest BCUT2D eigenvalue weighted by molar-refractivity contribution is 6.43. The minimum atomic E-state index is -0.212. The molecule has 4 nitrogen and oxygen atoms in total. The number of hydrogen-bond acceptors (Lipinski definition) is 3. The Morgan fingerprint density at radius 1 is 1.14 bits per heavy atom. The van der Waals surface area contributed by atoms with Crippen molar-refractivity contribution in [2.45, 2.75) is 19.4 Å². The van der Waals surface area contributed by atoms with Gasteiger partial charge in [0.2, 0.25) is 0 Å². The average Bonchev–Trinajstić information content (AvgIpc) is 2.99. The molecule has 1 atom stereocenters. The lowest BCUT2D eigenvalue weighted by molar-refractivity contribution is -0.110. The number of anilines is 1. The van der Waals surface area contributed by atoms with E-state index in [1.165, 1.54) is 5.56 Å². The molecular formula is C17H16N2O2. The Hall–Kier alpha value is -2.62. The van der Waals surface area contributed by atoms with Gasteiger partial charge in [-0.05, 0) is 24.6 Å². The maximum Gasteiger partial charge on any atom is 0.273 e. The van der Waals surface area contributed by atoms with E-state index in [0.29, 0.717) is 12.1 Å². The van der Waals surface area contributed by atoms with Gasteiger partial charge in [0, 0.05) is 12.1 Å². The van der Waals surface area contributed by atoms with E-state index in [0.717, 1.165) is 11.3 Å². The normalized spacial score (nSPS) is 17.0. The Morgan fingerprint density at radius 3 is 2.57 bits per heavy atom. The van der Waals surface area contributed by atoms with E-state index < -0.39 is 0 Å². The van der Waals surface area contributed by atoms with Gasteiger partial charge in [0.1, 0.15) is 5.71 Å². The van der Waals surface area contributed by atoms with E-state index in [9.17, 15) is 4.79 Å². The third kappa shape index (κ3) is 3.11. The van der Waals surface area contributed by atoms with Crippen molar-refractivity contribution in [2.75, 3.05) is 5.32 Å². The van der Waals surface area contributed by atoms with Crippen molar-refractivity contribution in [2.24, 2.45) is 5.16 Å². The first-order chi connectivity index (χ1) is 10.2. The zero-order chi connectivity index (χ0) is 14.7.